The van der Waals surface area contributed by atoms with Gasteiger partial charge in [0, 0.05) is 12.6 Å². The topological polar surface area (TPSA) is 58.6 Å². The number of hydrogen-bond acceptors (Lipinski definition) is 4. The number of nitrogens with one attached hydrogen (secondary N) is 1. The largest absolute Gasteiger partial charge is 0.495 e. The molecule has 1 aromatic rings. The lowest BCUT2D eigenvalue weighted by Crippen LogP contribution is -2.44. The molecule has 0 bridgehead atoms. The fraction of sp³-hybridized carbons (Fsp3) is 0.583. The zero-order chi connectivity index (χ0) is 13.9. The summed E-state index contributed by atoms with van der Waals surface area (Å²) < 4.78 is 5.88. The molecule has 0 saturated carbocycles. The number of rotatable bonds is 5. The standard InChI is InChI=1S/C12H18BrNO3S/c1-7(2)12(3,16)6-14-11(15)9-5-8(17-4)10(13)18-9/h5,7,16H,6H2,1-4H3,(H,14,15). The zero-order valence-electron chi connectivity index (χ0n) is 10.9. The predicted molar refractivity (Wildman–Crippen MR) is 76.4 cm³/mol. The molecule has 1 heterocycles. The van der Waals surface area contributed by atoms with Gasteiger partial charge in [0.25, 0.3) is 5.91 Å². The summed E-state index contributed by atoms with van der Waals surface area (Å²) in [6.45, 7) is 5.76. The van der Waals surface area contributed by atoms with Crippen LogP contribution in [0, 0.1) is 5.92 Å². The van der Waals surface area contributed by atoms with Crippen LogP contribution in [0.25, 0.3) is 0 Å². The molecular formula is C12H18BrNO3S. The average Bonchev–Trinajstić information content (AvgIpc) is 2.67. The number of halogens is 1. The second-order valence-electron chi connectivity index (χ2n) is 4.65. The molecule has 0 spiro atoms. The van der Waals surface area contributed by atoms with E-state index in [1.807, 2.05) is 13.8 Å². The summed E-state index contributed by atoms with van der Waals surface area (Å²) in [6.07, 6.45) is 0. The molecule has 0 aliphatic carbocycles. The monoisotopic (exact) mass is 335 g/mol. The first kappa shape index (κ1) is 15.5. The van der Waals surface area contributed by atoms with Crippen LogP contribution >= 0.6 is 27.3 Å². The number of hydrogen-bond donors (Lipinski definition) is 2. The Balaban J connectivity index is 2.66. The van der Waals surface area contributed by atoms with Crippen molar-refractivity contribution in [3.63, 3.8) is 0 Å². The summed E-state index contributed by atoms with van der Waals surface area (Å²) in [5, 5.41) is 12.8. The summed E-state index contributed by atoms with van der Waals surface area (Å²) in [5.74, 6) is 0.508. The van der Waals surface area contributed by atoms with Gasteiger partial charge in [0.05, 0.1) is 17.6 Å². The van der Waals surface area contributed by atoms with Crippen molar-refractivity contribution in [3.05, 3.63) is 14.7 Å². The highest BCUT2D eigenvalue weighted by Crippen LogP contribution is 2.34. The van der Waals surface area contributed by atoms with Crippen molar-refractivity contribution in [2.75, 3.05) is 13.7 Å². The van der Waals surface area contributed by atoms with E-state index in [-0.39, 0.29) is 18.4 Å². The van der Waals surface area contributed by atoms with Gasteiger partial charge in [0.2, 0.25) is 0 Å². The number of methoxy groups -OCH3 is 1. The van der Waals surface area contributed by atoms with Crippen molar-refractivity contribution in [2.24, 2.45) is 5.92 Å². The zero-order valence-corrected chi connectivity index (χ0v) is 13.3. The van der Waals surface area contributed by atoms with Crippen LogP contribution in [-0.4, -0.2) is 30.3 Å². The van der Waals surface area contributed by atoms with E-state index < -0.39 is 5.60 Å². The second-order valence-corrected chi connectivity index (χ2v) is 7.02. The van der Waals surface area contributed by atoms with Gasteiger partial charge in [-0.1, -0.05) is 13.8 Å². The van der Waals surface area contributed by atoms with Gasteiger partial charge in [0.15, 0.2) is 0 Å². The van der Waals surface area contributed by atoms with Crippen molar-refractivity contribution in [3.8, 4) is 5.75 Å². The summed E-state index contributed by atoms with van der Waals surface area (Å²) in [5.41, 5.74) is -0.908. The van der Waals surface area contributed by atoms with Crippen LogP contribution in [0.15, 0.2) is 9.85 Å². The van der Waals surface area contributed by atoms with Crippen LogP contribution in [0.3, 0.4) is 0 Å². The van der Waals surface area contributed by atoms with Crippen LogP contribution in [0.4, 0.5) is 0 Å². The third kappa shape index (κ3) is 3.70. The van der Waals surface area contributed by atoms with Crippen molar-refractivity contribution in [1.29, 1.82) is 0 Å². The van der Waals surface area contributed by atoms with Crippen LogP contribution in [0.1, 0.15) is 30.4 Å². The lowest BCUT2D eigenvalue weighted by molar-refractivity contribution is 0.0143. The molecule has 1 rings (SSSR count). The van der Waals surface area contributed by atoms with Gasteiger partial charge in [-0.15, -0.1) is 11.3 Å². The Morgan fingerprint density at radius 1 is 1.67 bits per heavy atom. The summed E-state index contributed by atoms with van der Waals surface area (Å²) in [6, 6.07) is 1.67. The fourth-order valence-electron chi connectivity index (χ4n) is 1.15. The highest BCUT2D eigenvalue weighted by atomic mass is 79.9. The van der Waals surface area contributed by atoms with Crippen molar-refractivity contribution in [1.82, 2.24) is 5.32 Å². The van der Waals surface area contributed by atoms with E-state index in [1.165, 1.54) is 11.3 Å². The van der Waals surface area contributed by atoms with E-state index >= 15 is 0 Å². The van der Waals surface area contributed by atoms with Crippen molar-refractivity contribution < 1.29 is 14.6 Å². The third-order valence-electron chi connectivity index (χ3n) is 2.95. The number of aliphatic hydroxyl groups is 1. The molecule has 0 aliphatic rings. The molecule has 1 atom stereocenters. The summed E-state index contributed by atoms with van der Waals surface area (Å²) in [7, 11) is 1.55. The lowest BCUT2D eigenvalue weighted by atomic mass is 9.92. The number of ether oxygens (including phenoxy) is 1. The Morgan fingerprint density at radius 2 is 2.28 bits per heavy atom. The second kappa shape index (κ2) is 6.04. The Labute approximate surface area is 119 Å². The summed E-state index contributed by atoms with van der Waals surface area (Å²) >= 11 is 4.63. The Kier molecular flexibility index (Phi) is 5.19. The number of carbonyl (C=O) groups excluding carboxylic acids is 1. The van der Waals surface area contributed by atoms with E-state index in [9.17, 15) is 9.90 Å². The minimum absolute atomic E-state index is 0.0717. The lowest BCUT2D eigenvalue weighted by Gasteiger charge is -2.27. The van der Waals surface area contributed by atoms with Gasteiger partial charge < -0.3 is 15.2 Å². The Morgan fingerprint density at radius 3 is 2.72 bits per heavy atom. The molecule has 102 valence electrons. The molecule has 0 aliphatic heterocycles. The molecule has 6 heteroatoms. The molecule has 0 radical (unpaired) electrons. The highest BCUT2D eigenvalue weighted by Gasteiger charge is 2.26. The molecule has 4 nitrogen and oxygen atoms in total. The first-order valence-corrected chi connectivity index (χ1v) is 7.22. The van der Waals surface area contributed by atoms with Gasteiger partial charge >= 0.3 is 0 Å². The number of carbonyl (C=O) groups is 1. The van der Waals surface area contributed by atoms with Gasteiger partial charge in [0.1, 0.15) is 9.54 Å². The maximum absolute atomic E-state index is 11.9. The van der Waals surface area contributed by atoms with Crippen LogP contribution < -0.4 is 10.1 Å². The van der Waals surface area contributed by atoms with Gasteiger partial charge in [-0.05, 0) is 28.8 Å². The molecule has 1 unspecified atom stereocenters. The Hall–Kier alpha value is -0.590. The minimum Gasteiger partial charge on any atom is -0.495 e. The average molecular weight is 336 g/mol. The van der Waals surface area contributed by atoms with E-state index in [2.05, 4.69) is 21.2 Å². The predicted octanol–water partition coefficient (Wildman–Crippen LogP) is 2.66. The molecule has 0 aromatic carbocycles. The fourth-order valence-corrected chi connectivity index (χ4v) is 2.72. The van der Waals surface area contributed by atoms with E-state index in [4.69, 9.17) is 4.74 Å². The maximum Gasteiger partial charge on any atom is 0.261 e. The van der Waals surface area contributed by atoms with Crippen molar-refractivity contribution >= 4 is 33.2 Å². The van der Waals surface area contributed by atoms with Gasteiger partial charge in [-0.25, -0.2) is 0 Å². The third-order valence-corrected chi connectivity index (χ3v) is 4.73. The van der Waals surface area contributed by atoms with Crippen LogP contribution in [0.5, 0.6) is 5.75 Å². The molecule has 0 saturated heterocycles. The van der Waals surface area contributed by atoms with E-state index in [0.717, 1.165) is 3.79 Å². The quantitative estimate of drug-likeness (QED) is 0.869. The van der Waals surface area contributed by atoms with E-state index in [0.29, 0.717) is 10.6 Å². The smallest absolute Gasteiger partial charge is 0.261 e. The minimum atomic E-state index is -0.908. The molecule has 18 heavy (non-hydrogen) atoms. The molecule has 1 amide bonds. The maximum atomic E-state index is 11.9. The number of amides is 1. The first-order chi connectivity index (χ1) is 8.27. The van der Waals surface area contributed by atoms with E-state index in [1.54, 1.807) is 20.1 Å². The summed E-state index contributed by atoms with van der Waals surface area (Å²) in [4.78, 5) is 12.5. The normalized spacial score (nSPS) is 14.4. The SMILES string of the molecule is COc1cc(C(=O)NCC(C)(O)C(C)C)sc1Br. The van der Waals surface area contributed by atoms with Gasteiger partial charge in [-0.2, -0.15) is 0 Å². The first-order valence-electron chi connectivity index (χ1n) is 5.62. The van der Waals surface area contributed by atoms with Crippen molar-refractivity contribution in [2.45, 2.75) is 26.4 Å². The molecular weight excluding hydrogens is 318 g/mol. The van der Waals surface area contributed by atoms with Crippen LogP contribution in [-0.2, 0) is 0 Å². The molecule has 2 N–H and O–H groups in total. The van der Waals surface area contributed by atoms with Gasteiger partial charge in [-0.3, -0.25) is 4.79 Å². The Bertz CT molecular complexity index is 429. The highest BCUT2D eigenvalue weighted by molar-refractivity contribution is 9.11. The molecule has 1 aromatic heterocycles. The van der Waals surface area contributed by atoms with Crippen LogP contribution in [0.2, 0.25) is 0 Å². The molecule has 0 fully saturated rings. The number of thiophene rings is 1.